The fourth-order valence-corrected chi connectivity index (χ4v) is 2.59. The molecule has 2 rings (SSSR count). The first kappa shape index (κ1) is 11.1. The van der Waals surface area contributed by atoms with Crippen molar-refractivity contribution in [3.05, 3.63) is 34.3 Å². The van der Waals surface area contributed by atoms with Crippen LogP contribution in [-0.4, -0.2) is 25.0 Å². The van der Waals surface area contributed by atoms with Crippen LogP contribution in [0.2, 0.25) is 0 Å². The Bertz CT molecular complexity index is 347. The van der Waals surface area contributed by atoms with Gasteiger partial charge in [0.1, 0.15) is 0 Å². The molecule has 0 saturated heterocycles. The second kappa shape index (κ2) is 4.24. The van der Waals surface area contributed by atoms with Gasteiger partial charge >= 0.3 is 0 Å². The molecule has 1 aromatic carbocycles. The summed E-state index contributed by atoms with van der Waals surface area (Å²) in [5.41, 5.74) is 7.29. The van der Waals surface area contributed by atoms with E-state index in [1.54, 1.807) is 0 Å². The Morgan fingerprint density at radius 2 is 2.20 bits per heavy atom. The molecular weight excluding hydrogens is 252 g/mol. The van der Waals surface area contributed by atoms with E-state index in [1.165, 1.54) is 18.4 Å². The number of halogens is 1. The van der Waals surface area contributed by atoms with Crippen molar-refractivity contribution in [2.45, 2.75) is 18.4 Å². The van der Waals surface area contributed by atoms with E-state index in [2.05, 4.69) is 52.1 Å². The monoisotopic (exact) mass is 268 g/mol. The van der Waals surface area contributed by atoms with Crippen molar-refractivity contribution >= 4 is 15.9 Å². The van der Waals surface area contributed by atoms with Crippen molar-refractivity contribution < 1.29 is 0 Å². The minimum Gasteiger partial charge on any atom is -0.329 e. The number of hydrogen-bond donors (Lipinski definition) is 1. The normalized spacial score (nSPS) is 18.1. The van der Waals surface area contributed by atoms with Crippen LogP contribution in [-0.2, 0) is 5.54 Å². The molecular formula is C12H17BrN2. The van der Waals surface area contributed by atoms with Gasteiger partial charge < -0.3 is 5.73 Å². The molecule has 0 radical (unpaired) electrons. The number of benzene rings is 1. The van der Waals surface area contributed by atoms with Gasteiger partial charge in [-0.3, -0.25) is 4.90 Å². The maximum atomic E-state index is 5.61. The van der Waals surface area contributed by atoms with Crippen LogP contribution in [0.5, 0.6) is 0 Å². The molecule has 1 aliphatic carbocycles. The zero-order chi connectivity index (χ0) is 10.9. The third-order valence-corrected chi connectivity index (χ3v) is 3.77. The first-order chi connectivity index (χ1) is 7.19. The van der Waals surface area contributed by atoms with E-state index in [4.69, 9.17) is 5.73 Å². The average molecular weight is 269 g/mol. The molecule has 0 atom stereocenters. The van der Waals surface area contributed by atoms with E-state index in [9.17, 15) is 0 Å². The van der Waals surface area contributed by atoms with Crippen LogP contribution in [0.15, 0.2) is 28.7 Å². The molecule has 2 nitrogen and oxygen atoms in total. The Labute approximate surface area is 99.6 Å². The highest BCUT2D eigenvalue weighted by molar-refractivity contribution is 9.10. The molecule has 82 valence electrons. The highest BCUT2D eigenvalue weighted by Crippen LogP contribution is 2.50. The molecule has 0 unspecified atom stereocenters. The summed E-state index contributed by atoms with van der Waals surface area (Å²) in [5.74, 6) is 0. The fraction of sp³-hybridized carbons (Fsp3) is 0.500. The number of hydrogen-bond acceptors (Lipinski definition) is 2. The van der Waals surface area contributed by atoms with Crippen LogP contribution in [0.3, 0.4) is 0 Å². The van der Waals surface area contributed by atoms with E-state index in [-0.39, 0.29) is 5.54 Å². The van der Waals surface area contributed by atoms with Gasteiger partial charge in [0.25, 0.3) is 0 Å². The Hall–Kier alpha value is -0.380. The molecule has 15 heavy (non-hydrogen) atoms. The number of rotatable bonds is 4. The van der Waals surface area contributed by atoms with Gasteiger partial charge in [-0.15, -0.1) is 0 Å². The summed E-state index contributed by atoms with van der Waals surface area (Å²) in [4.78, 5) is 2.38. The summed E-state index contributed by atoms with van der Waals surface area (Å²) in [5, 5.41) is 0. The van der Waals surface area contributed by atoms with E-state index in [0.29, 0.717) is 0 Å². The lowest BCUT2D eigenvalue weighted by atomic mass is 10.0. The maximum absolute atomic E-state index is 5.61. The van der Waals surface area contributed by atoms with Gasteiger partial charge in [-0.1, -0.05) is 28.1 Å². The largest absolute Gasteiger partial charge is 0.329 e. The Kier molecular flexibility index (Phi) is 3.14. The van der Waals surface area contributed by atoms with E-state index in [1.807, 2.05) is 0 Å². The van der Waals surface area contributed by atoms with Gasteiger partial charge in [-0.2, -0.15) is 0 Å². The van der Waals surface area contributed by atoms with Gasteiger partial charge in [-0.05, 0) is 37.6 Å². The Balaban J connectivity index is 2.22. The average Bonchev–Trinajstić information content (AvgIpc) is 2.99. The highest BCUT2D eigenvalue weighted by Gasteiger charge is 2.47. The smallest absolute Gasteiger partial charge is 0.0460 e. The number of nitrogens with two attached hydrogens (primary N) is 1. The predicted molar refractivity (Wildman–Crippen MR) is 66.7 cm³/mol. The van der Waals surface area contributed by atoms with Crippen LogP contribution in [0.25, 0.3) is 0 Å². The lowest BCUT2D eigenvalue weighted by Crippen LogP contribution is -2.35. The van der Waals surface area contributed by atoms with Crippen molar-refractivity contribution in [2.24, 2.45) is 5.73 Å². The second-order valence-electron chi connectivity index (χ2n) is 4.25. The van der Waals surface area contributed by atoms with Crippen LogP contribution >= 0.6 is 15.9 Å². The quantitative estimate of drug-likeness (QED) is 0.909. The highest BCUT2D eigenvalue weighted by atomic mass is 79.9. The molecule has 0 aliphatic heterocycles. The van der Waals surface area contributed by atoms with Crippen LogP contribution in [0.1, 0.15) is 18.4 Å². The molecule has 1 fully saturated rings. The topological polar surface area (TPSA) is 29.3 Å². The summed E-state index contributed by atoms with van der Waals surface area (Å²) in [6.07, 6.45) is 2.50. The minimum atomic E-state index is 0.267. The fourth-order valence-electron chi connectivity index (χ4n) is 2.19. The van der Waals surface area contributed by atoms with E-state index < -0.39 is 0 Å². The van der Waals surface area contributed by atoms with Crippen molar-refractivity contribution in [1.29, 1.82) is 0 Å². The first-order valence-electron chi connectivity index (χ1n) is 5.36. The van der Waals surface area contributed by atoms with E-state index >= 15 is 0 Å². The first-order valence-corrected chi connectivity index (χ1v) is 6.16. The number of likely N-dealkylation sites (N-methyl/N-ethyl adjacent to an activating group) is 1. The molecule has 0 heterocycles. The van der Waals surface area contributed by atoms with Gasteiger partial charge in [0.05, 0.1) is 0 Å². The lowest BCUT2D eigenvalue weighted by Gasteiger charge is -2.28. The van der Waals surface area contributed by atoms with Gasteiger partial charge in [0.15, 0.2) is 0 Å². The zero-order valence-corrected chi connectivity index (χ0v) is 10.6. The summed E-state index contributed by atoms with van der Waals surface area (Å²) in [6.45, 7) is 1.69. The maximum Gasteiger partial charge on any atom is 0.0460 e. The van der Waals surface area contributed by atoms with Crippen molar-refractivity contribution in [3.63, 3.8) is 0 Å². The molecule has 1 aromatic rings. The zero-order valence-electron chi connectivity index (χ0n) is 9.04. The summed E-state index contributed by atoms with van der Waals surface area (Å²) in [6, 6.07) is 8.61. The summed E-state index contributed by atoms with van der Waals surface area (Å²) < 4.78 is 1.16. The standard InChI is InChI=1S/C12H17BrN2/c1-15(8-7-14)12(5-6-12)10-3-2-4-11(13)9-10/h2-4,9H,5-8,14H2,1H3. The lowest BCUT2D eigenvalue weighted by molar-refractivity contribution is 0.229. The van der Waals surface area contributed by atoms with Crippen molar-refractivity contribution in [2.75, 3.05) is 20.1 Å². The Morgan fingerprint density at radius 1 is 1.47 bits per heavy atom. The van der Waals surface area contributed by atoms with Gasteiger partial charge in [-0.25, -0.2) is 0 Å². The molecule has 0 amide bonds. The van der Waals surface area contributed by atoms with Crippen LogP contribution in [0, 0.1) is 0 Å². The third kappa shape index (κ3) is 2.10. The summed E-state index contributed by atoms with van der Waals surface area (Å²) >= 11 is 3.53. The second-order valence-corrected chi connectivity index (χ2v) is 5.17. The minimum absolute atomic E-state index is 0.267. The predicted octanol–water partition coefficient (Wildman–Crippen LogP) is 2.33. The number of nitrogens with zero attached hydrogens (tertiary/aromatic N) is 1. The van der Waals surface area contributed by atoms with E-state index in [0.717, 1.165) is 17.6 Å². The molecule has 0 aromatic heterocycles. The molecule has 0 bridgehead atoms. The Morgan fingerprint density at radius 3 is 2.73 bits per heavy atom. The van der Waals surface area contributed by atoms with Crippen molar-refractivity contribution in [3.8, 4) is 0 Å². The van der Waals surface area contributed by atoms with Crippen molar-refractivity contribution in [1.82, 2.24) is 4.90 Å². The van der Waals surface area contributed by atoms with Gasteiger partial charge in [0, 0.05) is 23.1 Å². The third-order valence-electron chi connectivity index (χ3n) is 3.28. The summed E-state index contributed by atoms with van der Waals surface area (Å²) in [7, 11) is 2.17. The molecule has 2 N–H and O–H groups in total. The van der Waals surface area contributed by atoms with Crippen LogP contribution < -0.4 is 5.73 Å². The SMILES string of the molecule is CN(CCN)C1(c2cccc(Br)c2)CC1. The molecule has 0 spiro atoms. The van der Waals surface area contributed by atoms with Crippen LogP contribution in [0.4, 0.5) is 0 Å². The molecule has 3 heteroatoms. The van der Waals surface area contributed by atoms with Gasteiger partial charge in [0.2, 0.25) is 0 Å². The molecule has 1 saturated carbocycles. The molecule has 1 aliphatic rings.